The number of carbonyl (C=O) groups excluding carboxylic acids is 1. The predicted octanol–water partition coefficient (Wildman–Crippen LogP) is 2.64. The maximum atomic E-state index is 11.9. The molecule has 0 aromatic heterocycles. The molecule has 0 N–H and O–H groups in total. The Bertz CT molecular complexity index is 474. The molecule has 1 fully saturated rings. The Labute approximate surface area is 98.8 Å². The molecule has 3 rings (SSSR count). The number of amides is 1. The van der Waals surface area contributed by atoms with Crippen LogP contribution in [0.5, 0.6) is 5.75 Å². The van der Waals surface area contributed by atoms with Crippen LogP contribution in [0.3, 0.4) is 0 Å². The van der Waals surface area contributed by atoms with Crippen molar-refractivity contribution in [2.75, 3.05) is 12.0 Å². The van der Waals surface area contributed by atoms with Crippen molar-refractivity contribution in [3.05, 3.63) is 18.2 Å². The minimum atomic E-state index is -0.0776. The van der Waals surface area contributed by atoms with Gasteiger partial charge in [0.25, 0.3) is 0 Å². The molecule has 1 aromatic carbocycles. The number of hydrogen-bond donors (Lipinski definition) is 0. The maximum Gasteiger partial charge on any atom is 0.228 e. The fraction of sp³-hybridized carbons (Fsp3) is 0.417. The summed E-state index contributed by atoms with van der Waals surface area (Å²) in [6.45, 7) is 2.13. The van der Waals surface area contributed by atoms with Gasteiger partial charge in [-0.15, -0.1) is 0 Å². The lowest BCUT2D eigenvalue weighted by Gasteiger charge is -2.26. The monoisotopic (exact) mass is 235 g/mol. The third-order valence-corrected chi connectivity index (χ3v) is 4.64. The molecule has 16 heavy (non-hydrogen) atoms. The number of nitrogens with zero attached hydrogens (tertiary/aromatic N) is 1. The first kappa shape index (κ1) is 10.0. The summed E-state index contributed by atoms with van der Waals surface area (Å²) in [6, 6.07) is 5.91. The van der Waals surface area contributed by atoms with E-state index in [1.54, 1.807) is 18.9 Å². The summed E-state index contributed by atoms with van der Waals surface area (Å²) >= 11 is 1.77. The molecule has 4 heteroatoms. The molecule has 0 radical (unpaired) electrons. The van der Waals surface area contributed by atoms with Crippen LogP contribution in [-0.4, -0.2) is 17.9 Å². The number of hydrogen-bond acceptors (Lipinski definition) is 3. The van der Waals surface area contributed by atoms with Crippen LogP contribution < -0.4 is 9.64 Å². The number of methoxy groups -OCH3 is 1. The van der Waals surface area contributed by atoms with Crippen molar-refractivity contribution >= 4 is 23.4 Å². The van der Waals surface area contributed by atoms with Gasteiger partial charge >= 0.3 is 0 Å². The van der Waals surface area contributed by atoms with Crippen molar-refractivity contribution in [2.45, 2.75) is 29.5 Å². The summed E-state index contributed by atoms with van der Waals surface area (Å²) in [7, 11) is 1.66. The topological polar surface area (TPSA) is 29.5 Å². The third kappa shape index (κ3) is 1.19. The van der Waals surface area contributed by atoms with Gasteiger partial charge < -0.3 is 4.74 Å². The normalized spacial score (nSPS) is 26.9. The van der Waals surface area contributed by atoms with E-state index in [1.807, 2.05) is 23.1 Å². The molecule has 3 nitrogen and oxygen atoms in total. The average Bonchev–Trinajstić information content (AvgIpc) is 2.71. The van der Waals surface area contributed by atoms with E-state index in [0.29, 0.717) is 6.42 Å². The van der Waals surface area contributed by atoms with Crippen LogP contribution >= 0.6 is 11.8 Å². The van der Waals surface area contributed by atoms with Crippen molar-refractivity contribution in [2.24, 2.45) is 0 Å². The molecule has 1 aromatic rings. The van der Waals surface area contributed by atoms with E-state index in [1.165, 1.54) is 0 Å². The zero-order valence-electron chi connectivity index (χ0n) is 9.32. The van der Waals surface area contributed by atoms with Gasteiger partial charge in [0, 0.05) is 11.3 Å². The highest BCUT2D eigenvalue weighted by Gasteiger charge is 2.48. The van der Waals surface area contributed by atoms with Crippen molar-refractivity contribution in [3.63, 3.8) is 0 Å². The Morgan fingerprint density at radius 2 is 2.31 bits per heavy atom. The molecule has 2 aliphatic heterocycles. The Balaban J connectivity index is 2.10. The second-order valence-corrected chi connectivity index (χ2v) is 5.86. The van der Waals surface area contributed by atoms with E-state index in [2.05, 4.69) is 6.92 Å². The van der Waals surface area contributed by atoms with Crippen LogP contribution in [0.15, 0.2) is 23.1 Å². The molecule has 1 unspecified atom stereocenters. The molecule has 0 spiro atoms. The van der Waals surface area contributed by atoms with Crippen LogP contribution in [0, 0.1) is 0 Å². The van der Waals surface area contributed by atoms with E-state index in [4.69, 9.17) is 4.74 Å². The molecule has 2 heterocycles. The van der Waals surface area contributed by atoms with Crippen LogP contribution in [0.25, 0.3) is 0 Å². The number of rotatable bonds is 1. The fourth-order valence-corrected chi connectivity index (χ4v) is 3.85. The van der Waals surface area contributed by atoms with Crippen molar-refractivity contribution in [3.8, 4) is 5.75 Å². The first-order chi connectivity index (χ1) is 7.64. The largest absolute Gasteiger partial charge is 0.497 e. The Hall–Kier alpha value is -1.16. The highest BCUT2D eigenvalue weighted by Crippen LogP contribution is 2.56. The summed E-state index contributed by atoms with van der Waals surface area (Å²) in [5.41, 5.74) is 1.04. The summed E-state index contributed by atoms with van der Waals surface area (Å²) < 4.78 is 5.20. The molecule has 0 bridgehead atoms. The molecule has 1 amide bonds. The van der Waals surface area contributed by atoms with Gasteiger partial charge in [-0.1, -0.05) is 11.8 Å². The van der Waals surface area contributed by atoms with Gasteiger partial charge in [0.15, 0.2) is 0 Å². The van der Waals surface area contributed by atoms with Gasteiger partial charge in [-0.2, -0.15) is 0 Å². The quantitative estimate of drug-likeness (QED) is 0.749. The van der Waals surface area contributed by atoms with Gasteiger partial charge in [0.1, 0.15) is 5.75 Å². The van der Waals surface area contributed by atoms with E-state index < -0.39 is 0 Å². The van der Waals surface area contributed by atoms with E-state index in [-0.39, 0.29) is 10.8 Å². The second-order valence-electron chi connectivity index (χ2n) is 4.34. The Kier molecular flexibility index (Phi) is 1.98. The van der Waals surface area contributed by atoms with Crippen molar-refractivity contribution in [1.29, 1.82) is 0 Å². The number of anilines is 1. The van der Waals surface area contributed by atoms with Gasteiger partial charge in [-0.25, -0.2) is 0 Å². The summed E-state index contributed by atoms with van der Waals surface area (Å²) in [5, 5.41) is 0. The second kappa shape index (κ2) is 3.17. The van der Waals surface area contributed by atoms with Crippen molar-refractivity contribution < 1.29 is 9.53 Å². The number of fused-ring (bicyclic) bond motifs is 3. The molecular formula is C12H13NO2S. The number of thioether (sulfide) groups is 1. The van der Waals surface area contributed by atoms with E-state index in [0.717, 1.165) is 22.8 Å². The van der Waals surface area contributed by atoms with Gasteiger partial charge in [0.05, 0.1) is 17.7 Å². The van der Waals surface area contributed by atoms with Gasteiger partial charge in [0.2, 0.25) is 5.91 Å². The highest BCUT2D eigenvalue weighted by atomic mass is 32.2. The average molecular weight is 235 g/mol. The Morgan fingerprint density at radius 3 is 3.06 bits per heavy atom. The first-order valence-corrected chi connectivity index (χ1v) is 6.16. The van der Waals surface area contributed by atoms with Crippen LogP contribution in [-0.2, 0) is 4.79 Å². The summed E-state index contributed by atoms with van der Waals surface area (Å²) in [5.74, 6) is 1.09. The van der Waals surface area contributed by atoms with Crippen LogP contribution in [0.1, 0.15) is 19.8 Å². The number of benzene rings is 1. The summed E-state index contributed by atoms with van der Waals surface area (Å²) in [6.07, 6.45) is 1.59. The maximum absolute atomic E-state index is 11.9. The van der Waals surface area contributed by atoms with E-state index in [9.17, 15) is 4.79 Å². The SMILES string of the molecule is COc1ccc2c(c1)SC1(C)CCC(=O)N21. The molecule has 0 saturated carbocycles. The molecule has 84 valence electrons. The molecule has 2 aliphatic rings. The number of carbonyl (C=O) groups is 1. The lowest BCUT2D eigenvalue weighted by molar-refractivity contribution is -0.117. The van der Waals surface area contributed by atoms with Gasteiger partial charge in [-0.05, 0) is 31.5 Å². The minimum absolute atomic E-state index is 0.0776. The smallest absolute Gasteiger partial charge is 0.228 e. The zero-order chi connectivity index (χ0) is 11.3. The number of ether oxygens (including phenoxy) is 1. The van der Waals surface area contributed by atoms with Crippen molar-refractivity contribution in [1.82, 2.24) is 0 Å². The lowest BCUT2D eigenvalue weighted by atomic mass is 10.2. The lowest BCUT2D eigenvalue weighted by Crippen LogP contribution is -2.36. The zero-order valence-corrected chi connectivity index (χ0v) is 10.1. The molecule has 1 saturated heterocycles. The van der Waals surface area contributed by atoms with Gasteiger partial charge in [-0.3, -0.25) is 9.69 Å². The van der Waals surface area contributed by atoms with E-state index >= 15 is 0 Å². The summed E-state index contributed by atoms with van der Waals surface area (Å²) in [4.78, 5) is 14.9. The fourth-order valence-electron chi connectivity index (χ4n) is 2.44. The minimum Gasteiger partial charge on any atom is -0.497 e. The molecule has 0 aliphatic carbocycles. The predicted molar refractivity (Wildman–Crippen MR) is 64.0 cm³/mol. The molecular weight excluding hydrogens is 222 g/mol. The highest BCUT2D eigenvalue weighted by molar-refractivity contribution is 8.01. The molecule has 1 atom stereocenters. The Morgan fingerprint density at radius 1 is 1.50 bits per heavy atom. The standard InChI is InChI=1S/C12H13NO2S/c1-12-6-5-11(14)13(12)9-4-3-8(15-2)7-10(9)16-12/h3-4,7H,5-6H2,1-2H3. The van der Waals surface area contributed by atoms with Crippen LogP contribution in [0.4, 0.5) is 5.69 Å². The van der Waals surface area contributed by atoms with Crippen LogP contribution in [0.2, 0.25) is 0 Å². The first-order valence-electron chi connectivity index (χ1n) is 5.34. The third-order valence-electron chi connectivity index (χ3n) is 3.26.